The van der Waals surface area contributed by atoms with Gasteiger partial charge in [-0.3, -0.25) is 4.79 Å². The molecule has 5 aliphatic rings. The molecule has 0 amide bonds. The van der Waals surface area contributed by atoms with Gasteiger partial charge >= 0.3 is 0 Å². The fourth-order valence-electron chi connectivity index (χ4n) is 6.02. The van der Waals surface area contributed by atoms with E-state index >= 15 is 0 Å². The lowest BCUT2D eigenvalue weighted by Gasteiger charge is -2.55. The van der Waals surface area contributed by atoms with E-state index in [-0.39, 0.29) is 12.0 Å². The molecule has 0 aromatic heterocycles. The first kappa shape index (κ1) is 21.8. The maximum absolute atomic E-state index is 12.7. The van der Waals surface area contributed by atoms with Crippen LogP contribution in [0.2, 0.25) is 0 Å². The topological polar surface area (TPSA) is 50.1 Å². The minimum absolute atomic E-state index is 0.0974. The van der Waals surface area contributed by atoms with Gasteiger partial charge in [0.15, 0.2) is 5.78 Å². The number of nitriles is 1. The molecule has 0 N–H and O–H groups in total. The summed E-state index contributed by atoms with van der Waals surface area (Å²) < 4.78 is 6.18. The van der Waals surface area contributed by atoms with Crippen LogP contribution in [0.4, 0.5) is 0 Å². The second-order valence-electron chi connectivity index (χ2n) is 9.78. The Morgan fingerprint density at radius 2 is 1.64 bits per heavy atom. The van der Waals surface area contributed by atoms with Crippen molar-refractivity contribution in [2.24, 2.45) is 23.7 Å². The molecule has 158 valence electrons. The van der Waals surface area contributed by atoms with E-state index in [0.29, 0.717) is 24.2 Å². The van der Waals surface area contributed by atoms with Crippen LogP contribution in [0.25, 0.3) is 0 Å². The van der Waals surface area contributed by atoms with Crippen LogP contribution in [0.3, 0.4) is 0 Å². The van der Waals surface area contributed by atoms with E-state index in [1.54, 1.807) is 0 Å². The average molecular weight is 388 g/mol. The molecule has 28 heavy (non-hydrogen) atoms. The van der Waals surface area contributed by atoms with E-state index in [1.165, 1.54) is 70.6 Å². The summed E-state index contributed by atoms with van der Waals surface area (Å²) in [5.41, 5.74) is 0. The molecule has 6 unspecified atom stereocenters. The van der Waals surface area contributed by atoms with Crippen molar-refractivity contribution in [3.8, 4) is 6.07 Å². The number of hydrogen-bond donors (Lipinski definition) is 0. The summed E-state index contributed by atoms with van der Waals surface area (Å²) in [6.07, 6.45) is 19.1. The van der Waals surface area contributed by atoms with Gasteiger partial charge in [-0.05, 0) is 62.7 Å². The molecule has 6 atom stereocenters. The molecular weight excluding hydrogens is 346 g/mol. The fourth-order valence-corrected chi connectivity index (χ4v) is 6.02. The van der Waals surface area contributed by atoms with Crippen molar-refractivity contribution in [1.82, 2.24) is 0 Å². The number of fused-ring (bicyclic) bond motifs is 2. The van der Waals surface area contributed by atoms with Crippen molar-refractivity contribution in [3.05, 3.63) is 0 Å². The minimum Gasteiger partial charge on any atom is -0.367 e. The van der Waals surface area contributed by atoms with Gasteiger partial charge in [-0.15, -0.1) is 0 Å². The summed E-state index contributed by atoms with van der Waals surface area (Å²) in [5, 5.41) is 9.41. The number of carbonyl (C=O) groups is 1. The number of unbranched alkanes of at least 4 members (excludes halogenated alkanes) is 7. The molecular formula is C25H41NO2. The van der Waals surface area contributed by atoms with Crippen molar-refractivity contribution in [2.45, 2.75) is 122 Å². The molecule has 5 fully saturated rings. The zero-order valence-corrected chi connectivity index (χ0v) is 18.0. The van der Waals surface area contributed by atoms with Gasteiger partial charge in [0, 0.05) is 12.3 Å². The average Bonchev–Trinajstić information content (AvgIpc) is 2.74. The van der Waals surface area contributed by atoms with E-state index in [0.717, 1.165) is 37.5 Å². The summed E-state index contributed by atoms with van der Waals surface area (Å²) in [7, 11) is 0. The van der Waals surface area contributed by atoms with Crippen LogP contribution in [0.1, 0.15) is 110 Å². The number of rotatable bonds is 14. The molecule has 0 aromatic carbocycles. The quantitative estimate of drug-likeness (QED) is 0.315. The molecule has 0 aromatic rings. The molecule has 0 radical (unpaired) electrons. The van der Waals surface area contributed by atoms with Gasteiger partial charge in [-0.2, -0.15) is 5.26 Å². The molecule has 5 rings (SSSR count). The number of ether oxygens (including phenoxy) is 1. The summed E-state index contributed by atoms with van der Waals surface area (Å²) in [6, 6.07) is 2.50. The molecule has 2 heterocycles. The Balaban J connectivity index is 1.25. The predicted molar refractivity (Wildman–Crippen MR) is 113 cm³/mol. The second-order valence-corrected chi connectivity index (χ2v) is 9.78. The van der Waals surface area contributed by atoms with Gasteiger partial charge < -0.3 is 4.74 Å². The normalized spacial score (nSPS) is 31.6. The number of hydrogen-bond acceptors (Lipinski definition) is 3. The Labute approximate surface area is 172 Å². The first-order chi connectivity index (χ1) is 13.7. The third-order valence-corrected chi connectivity index (χ3v) is 7.74. The van der Waals surface area contributed by atoms with Crippen molar-refractivity contribution >= 4 is 5.78 Å². The van der Waals surface area contributed by atoms with E-state index in [2.05, 4.69) is 13.0 Å². The van der Waals surface area contributed by atoms with Crippen molar-refractivity contribution in [2.75, 3.05) is 0 Å². The van der Waals surface area contributed by atoms with Gasteiger partial charge in [-0.1, -0.05) is 58.3 Å². The minimum atomic E-state index is -0.0974. The zero-order valence-electron chi connectivity index (χ0n) is 18.0. The molecule has 3 nitrogen and oxygen atoms in total. The van der Waals surface area contributed by atoms with Crippen molar-refractivity contribution in [3.63, 3.8) is 0 Å². The lowest BCUT2D eigenvalue weighted by atomic mass is 9.59. The summed E-state index contributed by atoms with van der Waals surface area (Å²) in [4.78, 5) is 12.7. The van der Waals surface area contributed by atoms with Gasteiger partial charge in [-0.25, -0.2) is 0 Å². The third kappa shape index (κ3) is 5.82. The smallest absolute Gasteiger partial charge is 0.161 e. The molecule has 2 aliphatic heterocycles. The molecule has 3 saturated carbocycles. The summed E-state index contributed by atoms with van der Waals surface area (Å²) in [6.45, 7) is 2.25. The van der Waals surface area contributed by atoms with Crippen LogP contribution in [0.5, 0.6) is 0 Å². The Morgan fingerprint density at radius 1 is 0.964 bits per heavy atom. The summed E-state index contributed by atoms with van der Waals surface area (Å²) in [5.74, 6) is 2.54. The fraction of sp³-hybridized carbons (Fsp3) is 0.920. The zero-order chi connectivity index (χ0) is 19.8. The first-order valence-electron chi connectivity index (χ1n) is 12.3. The monoisotopic (exact) mass is 387 g/mol. The van der Waals surface area contributed by atoms with Crippen LogP contribution in [0.15, 0.2) is 0 Å². The Bertz CT molecular complexity index is 525. The number of carbonyl (C=O) groups excluding carboxylic acids is 1. The molecule has 3 aliphatic carbocycles. The standard InChI is InChI=1S/C25H41NO2/c1-2-3-4-5-6-7-8-11-19(18-26)12-9-10-13-23(27)25-22-16-21-15-14-20(22)17-24(21)28-25/h19-22,24-25H,2-17H2,1H3. The van der Waals surface area contributed by atoms with Crippen LogP contribution >= 0.6 is 0 Å². The lowest BCUT2D eigenvalue weighted by Crippen LogP contribution is -2.56. The predicted octanol–water partition coefficient (Wildman–Crippen LogP) is 6.60. The highest BCUT2D eigenvalue weighted by molar-refractivity contribution is 5.83. The second kappa shape index (κ2) is 11.3. The number of ketones is 1. The van der Waals surface area contributed by atoms with Crippen molar-refractivity contribution < 1.29 is 9.53 Å². The number of Topliss-reactive ketones (excluding diaryl/α,β-unsaturated/α-hetero) is 1. The summed E-state index contributed by atoms with van der Waals surface area (Å²) >= 11 is 0. The Kier molecular flexibility index (Phi) is 8.84. The molecule has 0 spiro atoms. The maximum atomic E-state index is 12.7. The van der Waals surface area contributed by atoms with Crippen LogP contribution in [-0.4, -0.2) is 18.0 Å². The van der Waals surface area contributed by atoms with Gasteiger partial charge in [0.25, 0.3) is 0 Å². The Morgan fingerprint density at radius 3 is 2.29 bits per heavy atom. The lowest BCUT2D eigenvalue weighted by molar-refractivity contribution is -0.204. The van der Waals surface area contributed by atoms with E-state index < -0.39 is 0 Å². The first-order valence-corrected chi connectivity index (χ1v) is 12.3. The van der Waals surface area contributed by atoms with Crippen LogP contribution in [-0.2, 0) is 9.53 Å². The highest BCUT2D eigenvalue weighted by Crippen LogP contribution is 2.53. The van der Waals surface area contributed by atoms with Crippen molar-refractivity contribution in [1.29, 1.82) is 5.26 Å². The molecule has 4 bridgehead atoms. The van der Waals surface area contributed by atoms with E-state index in [4.69, 9.17) is 4.74 Å². The van der Waals surface area contributed by atoms with Crippen LogP contribution in [0, 0.1) is 35.0 Å². The third-order valence-electron chi connectivity index (χ3n) is 7.74. The van der Waals surface area contributed by atoms with Crippen LogP contribution < -0.4 is 0 Å². The molecule has 2 saturated heterocycles. The highest BCUT2D eigenvalue weighted by atomic mass is 16.5. The number of nitrogens with zero attached hydrogens (tertiary/aromatic N) is 1. The largest absolute Gasteiger partial charge is 0.367 e. The Hall–Kier alpha value is -0.880. The van der Waals surface area contributed by atoms with Gasteiger partial charge in [0.1, 0.15) is 6.10 Å². The van der Waals surface area contributed by atoms with E-state index in [9.17, 15) is 10.1 Å². The molecule has 3 heteroatoms. The van der Waals surface area contributed by atoms with Gasteiger partial charge in [0.2, 0.25) is 0 Å². The highest BCUT2D eigenvalue weighted by Gasteiger charge is 2.52. The SMILES string of the molecule is CCCCCCCCCC(C#N)CCCCC(=O)C1OC2CC3CCC2CC31. The van der Waals surface area contributed by atoms with E-state index in [1.807, 2.05) is 0 Å². The maximum Gasteiger partial charge on any atom is 0.161 e. The van der Waals surface area contributed by atoms with Gasteiger partial charge in [0.05, 0.1) is 12.2 Å².